The number of hydrogen-bond acceptors (Lipinski definition) is 3. The third kappa shape index (κ3) is 4.61. The molecular weight excluding hydrogens is 288 g/mol. The first-order valence-electron chi connectivity index (χ1n) is 7.54. The fourth-order valence-corrected chi connectivity index (χ4v) is 2.68. The van der Waals surface area contributed by atoms with E-state index in [0.29, 0.717) is 10.8 Å². The smallest absolute Gasteiger partial charge is 0.260 e. The number of ether oxygens (including phenoxy) is 1. The predicted molar refractivity (Wildman–Crippen MR) is 84.8 cm³/mol. The molecule has 1 heterocycles. The summed E-state index contributed by atoms with van der Waals surface area (Å²) >= 11 is 6.03. The van der Waals surface area contributed by atoms with Crippen LogP contribution < -0.4 is 10.1 Å². The van der Waals surface area contributed by atoms with Crippen LogP contribution in [0.4, 0.5) is 0 Å². The molecule has 2 rings (SSSR count). The van der Waals surface area contributed by atoms with Crippen molar-refractivity contribution in [3.8, 4) is 5.75 Å². The van der Waals surface area contributed by atoms with Crippen LogP contribution in [0.25, 0.3) is 0 Å². The van der Waals surface area contributed by atoms with Crippen molar-refractivity contribution in [1.29, 1.82) is 0 Å². The van der Waals surface area contributed by atoms with E-state index in [9.17, 15) is 4.79 Å². The molecule has 1 aromatic rings. The molecule has 21 heavy (non-hydrogen) atoms. The van der Waals surface area contributed by atoms with E-state index in [1.54, 1.807) is 19.1 Å². The average molecular weight is 311 g/mol. The van der Waals surface area contributed by atoms with Gasteiger partial charge in [-0.1, -0.05) is 30.7 Å². The zero-order valence-corrected chi connectivity index (χ0v) is 13.4. The highest BCUT2D eigenvalue weighted by molar-refractivity contribution is 6.32. The Kier molecular flexibility index (Phi) is 5.88. The molecular formula is C16H23ClN2O2. The number of nitrogens with one attached hydrogen (secondary N) is 1. The Morgan fingerprint density at radius 2 is 2.10 bits per heavy atom. The van der Waals surface area contributed by atoms with Crippen LogP contribution in [-0.4, -0.2) is 42.6 Å². The summed E-state index contributed by atoms with van der Waals surface area (Å²) < 4.78 is 5.64. The Morgan fingerprint density at radius 3 is 2.71 bits per heavy atom. The van der Waals surface area contributed by atoms with Crippen molar-refractivity contribution < 1.29 is 9.53 Å². The summed E-state index contributed by atoms with van der Waals surface area (Å²) in [5.74, 6) is 0.465. The maximum absolute atomic E-state index is 12.2. The highest BCUT2D eigenvalue weighted by Crippen LogP contribution is 2.24. The largest absolute Gasteiger partial charge is 0.479 e. The molecule has 0 radical (unpaired) electrons. The predicted octanol–water partition coefficient (Wildman–Crippen LogP) is 2.71. The molecule has 116 valence electrons. The number of nitrogens with zero attached hydrogens (tertiary/aromatic N) is 1. The number of carbonyl (C=O) groups is 1. The van der Waals surface area contributed by atoms with Gasteiger partial charge in [0.15, 0.2) is 6.10 Å². The van der Waals surface area contributed by atoms with Crippen molar-refractivity contribution in [2.45, 2.75) is 38.8 Å². The van der Waals surface area contributed by atoms with Gasteiger partial charge in [0.2, 0.25) is 0 Å². The van der Waals surface area contributed by atoms with E-state index in [-0.39, 0.29) is 11.9 Å². The number of rotatable bonds is 5. The molecule has 0 aliphatic carbocycles. The first-order chi connectivity index (χ1) is 10.1. The summed E-state index contributed by atoms with van der Waals surface area (Å²) in [4.78, 5) is 14.6. The molecule has 1 fully saturated rings. The molecule has 5 heteroatoms. The molecule has 0 saturated carbocycles. The zero-order chi connectivity index (χ0) is 15.2. The summed E-state index contributed by atoms with van der Waals surface area (Å²) in [6, 6.07) is 7.44. The first-order valence-corrected chi connectivity index (χ1v) is 7.92. The molecule has 1 aliphatic heterocycles. The monoisotopic (exact) mass is 310 g/mol. The minimum Gasteiger partial charge on any atom is -0.479 e. The second-order valence-corrected chi connectivity index (χ2v) is 5.81. The van der Waals surface area contributed by atoms with E-state index in [1.165, 1.54) is 0 Å². The maximum atomic E-state index is 12.2. The number of hydrogen-bond donors (Lipinski definition) is 1. The molecule has 1 aliphatic rings. The van der Waals surface area contributed by atoms with Crippen molar-refractivity contribution in [2.75, 3.05) is 19.6 Å². The summed E-state index contributed by atoms with van der Waals surface area (Å²) in [5.41, 5.74) is 0. The van der Waals surface area contributed by atoms with Gasteiger partial charge in [0.1, 0.15) is 5.75 Å². The molecule has 0 aromatic heterocycles. The van der Waals surface area contributed by atoms with Gasteiger partial charge in [-0.2, -0.15) is 0 Å². The minimum absolute atomic E-state index is 0.0788. The van der Waals surface area contributed by atoms with Gasteiger partial charge in [0.05, 0.1) is 5.02 Å². The van der Waals surface area contributed by atoms with Crippen LogP contribution in [0.15, 0.2) is 24.3 Å². The summed E-state index contributed by atoms with van der Waals surface area (Å²) in [7, 11) is 0. The Hall–Kier alpha value is -1.26. The quantitative estimate of drug-likeness (QED) is 0.909. The van der Waals surface area contributed by atoms with Gasteiger partial charge in [-0.3, -0.25) is 4.79 Å². The van der Waals surface area contributed by atoms with Crippen molar-refractivity contribution in [2.24, 2.45) is 0 Å². The van der Waals surface area contributed by atoms with E-state index < -0.39 is 6.10 Å². The fraction of sp³-hybridized carbons (Fsp3) is 0.562. The van der Waals surface area contributed by atoms with Crippen LogP contribution in [0.2, 0.25) is 5.02 Å². The SMILES string of the molecule is CCN1CCC(NC(=O)C(C)Oc2ccccc2Cl)CC1. The van der Waals surface area contributed by atoms with Crippen molar-refractivity contribution in [1.82, 2.24) is 10.2 Å². The highest BCUT2D eigenvalue weighted by Gasteiger charge is 2.23. The summed E-state index contributed by atoms with van der Waals surface area (Å²) in [5, 5.41) is 3.59. The molecule has 4 nitrogen and oxygen atoms in total. The number of para-hydroxylation sites is 1. The number of benzene rings is 1. The summed E-state index contributed by atoms with van der Waals surface area (Å²) in [6.45, 7) is 7.08. The molecule has 1 saturated heterocycles. The Morgan fingerprint density at radius 1 is 1.43 bits per heavy atom. The maximum Gasteiger partial charge on any atom is 0.260 e. The van der Waals surface area contributed by atoms with Gasteiger partial charge in [0.25, 0.3) is 5.91 Å². The van der Waals surface area contributed by atoms with E-state index in [0.717, 1.165) is 32.5 Å². The first kappa shape index (κ1) is 16.1. The minimum atomic E-state index is -0.547. The van der Waals surface area contributed by atoms with E-state index in [4.69, 9.17) is 16.3 Å². The third-order valence-electron chi connectivity index (χ3n) is 3.89. The number of piperidine rings is 1. The van der Waals surface area contributed by atoms with Gasteiger partial charge in [0, 0.05) is 19.1 Å². The average Bonchev–Trinajstić information content (AvgIpc) is 2.50. The van der Waals surface area contributed by atoms with Crippen LogP contribution >= 0.6 is 11.6 Å². The standard InChI is InChI=1S/C16H23ClN2O2/c1-3-19-10-8-13(9-11-19)18-16(20)12(2)21-15-7-5-4-6-14(15)17/h4-7,12-13H,3,8-11H2,1-2H3,(H,18,20). The normalized spacial score (nSPS) is 18.2. The zero-order valence-electron chi connectivity index (χ0n) is 12.6. The Bertz CT molecular complexity index is 473. The van der Waals surface area contributed by atoms with E-state index in [1.807, 2.05) is 12.1 Å². The number of likely N-dealkylation sites (tertiary alicyclic amines) is 1. The van der Waals surface area contributed by atoms with Crippen LogP contribution in [0.3, 0.4) is 0 Å². The Labute approximate surface area is 131 Å². The second-order valence-electron chi connectivity index (χ2n) is 5.41. The van der Waals surface area contributed by atoms with Gasteiger partial charge < -0.3 is 15.0 Å². The van der Waals surface area contributed by atoms with Crippen LogP contribution in [-0.2, 0) is 4.79 Å². The fourth-order valence-electron chi connectivity index (χ4n) is 2.50. The summed E-state index contributed by atoms with van der Waals surface area (Å²) in [6.07, 6.45) is 1.45. The lowest BCUT2D eigenvalue weighted by Gasteiger charge is -2.32. The van der Waals surface area contributed by atoms with Crippen LogP contribution in [0.1, 0.15) is 26.7 Å². The molecule has 1 N–H and O–H groups in total. The lowest BCUT2D eigenvalue weighted by Crippen LogP contribution is -2.48. The van der Waals surface area contributed by atoms with E-state index >= 15 is 0 Å². The van der Waals surface area contributed by atoms with Crippen molar-refractivity contribution >= 4 is 17.5 Å². The van der Waals surface area contributed by atoms with Gasteiger partial charge in [-0.25, -0.2) is 0 Å². The number of halogens is 1. The Balaban J connectivity index is 1.82. The molecule has 1 unspecified atom stereocenters. The molecule has 1 aromatic carbocycles. The third-order valence-corrected chi connectivity index (χ3v) is 4.20. The van der Waals surface area contributed by atoms with E-state index in [2.05, 4.69) is 17.1 Å². The molecule has 0 spiro atoms. The van der Waals surface area contributed by atoms with Crippen molar-refractivity contribution in [3.05, 3.63) is 29.3 Å². The van der Waals surface area contributed by atoms with Gasteiger partial charge in [-0.05, 0) is 38.4 Å². The van der Waals surface area contributed by atoms with Crippen LogP contribution in [0.5, 0.6) is 5.75 Å². The topological polar surface area (TPSA) is 41.6 Å². The van der Waals surface area contributed by atoms with Crippen molar-refractivity contribution in [3.63, 3.8) is 0 Å². The number of carbonyl (C=O) groups excluding carboxylic acids is 1. The number of amides is 1. The molecule has 1 atom stereocenters. The highest BCUT2D eigenvalue weighted by atomic mass is 35.5. The van der Waals surface area contributed by atoms with Gasteiger partial charge >= 0.3 is 0 Å². The van der Waals surface area contributed by atoms with Gasteiger partial charge in [-0.15, -0.1) is 0 Å². The van der Waals surface area contributed by atoms with Crippen LogP contribution in [0, 0.1) is 0 Å². The lowest BCUT2D eigenvalue weighted by molar-refractivity contribution is -0.128. The molecule has 0 bridgehead atoms. The lowest BCUT2D eigenvalue weighted by atomic mass is 10.0. The second kappa shape index (κ2) is 7.66. The molecule has 1 amide bonds.